The third-order valence-electron chi connectivity index (χ3n) is 2.20. The highest BCUT2D eigenvalue weighted by Gasteiger charge is 2.27. The summed E-state index contributed by atoms with van der Waals surface area (Å²) in [6.45, 7) is 15.3. The van der Waals surface area contributed by atoms with E-state index >= 15 is 0 Å². The van der Waals surface area contributed by atoms with Crippen LogP contribution in [0.5, 0.6) is 0 Å². The summed E-state index contributed by atoms with van der Waals surface area (Å²) in [4.78, 5) is 36.0. The van der Waals surface area contributed by atoms with Gasteiger partial charge in [-0.25, -0.2) is 20.0 Å². The number of ether oxygens (including phenoxy) is 3. The molecule has 0 fully saturated rings. The highest BCUT2D eigenvalue weighted by molar-refractivity contribution is 5.75. The number of nitrogens with zero attached hydrogens (tertiary/aromatic N) is 1. The first-order valence-electron chi connectivity index (χ1n) is 8.20. The lowest BCUT2D eigenvalue weighted by molar-refractivity contribution is -0.155. The van der Waals surface area contributed by atoms with Crippen LogP contribution in [-0.4, -0.2) is 46.5 Å². The highest BCUT2D eigenvalue weighted by Crippen LogP contribution is 2.12. The van der Waals surface area contributed by atoms with Gasteiger partial charge in [0.2, 0.25) is 0 Å². The fraction of sp³-hybridized carbons (Fsp3) is 0.824. The molecule has 0 spiro atoms. The number of carbonyl (C=O) groups is 3. The summed E-state index contributed by atoms with van der Waals surface area (Å²) >= 11 is 0. The van der Waals surface area contributed by atoms with Gasteiger partial charge >= 0.3 is 18.2 Å². The number of hydrazine groups is 1. The molecule has 0 saturated carbocycles. The van der Waals surface area contributed by atoms with Crippen LogP contribution < -0.4 is 5.43 Å². The van der Waals surface area contributed by atoms with Crippen LogP contribution in [0.25, 0.3) is 0 Å². The minimum Gasteiger partial charge on any atom is -0.460 e. The van der Waals surface area contributed by atoms with Gasteiger partial charge in [-0.15, -0.1) is 0 Å². The summed E-state index contributed by atoms with van der Waals surface area (Å²) in [5, 5.41) is 0.906. The second kappa shape index (κ2) is 8.40. The van der Waals surface area contributed by atoms with Crippen LogP contribution in [0.4, 0.5) is 9.59 Å². The summed E-state index contributed by atoms with van der Waals surface area (Å²) in [6.07, 6.45) is -1.71. The molecule has 2 amide bonds. The Morgan fingerprint density at radius 2 is 1.20 bits per heavy atom. The summed E-state index contributed by atoms with van der Waals surface area (Å²) in [6, 6.07) is 0. The Morgan fingerprint density at radius 1 is 0.760 bits per heavy atom. The maximum absolute atomic E-state index is 12.2. The van der Waals surface area contributed by atoms with Crippen LogP contribution in [0.15, 0.2) is 0 Å². The van der Waals surface area contributed by atoms with Crippen molar-refractivity contribution in [3.8, 4) is 0 Å². The number of rotatable bonds is 3. The zero-order chi connectivity index (χ0) is 20.1. The van der Waals surface area contributed by atoms with Crippen molar-refractivity contribution in [2.45, 2.75) is 85.5 Å². The summed E-state index contributed by atoms with van der Waals surface area (Å²) in [5.41, 5.74) is 0.191. The lowest BCUT2D eigenvalue weighted by Gasteiger charge is -2.29. The first-order valence-corrected chi connectivity index (χ1v) is 8.20. The molecule has 0 aliphatic heterocycles. The maximum atomic E-state index is 12.2. The van der Waals surface area contributed by atoms with E-state index in [4.69, 9.17) is 14.2 Å². The second-order valence-electron chi connectivity index (χ2n) is 8.58. The highest BCUT2D eigenvalue weighted by atomic mass is 16.6. The van der Waals surface area contributed by atoms with Crippen LogP contribution in [-0.2, 0) is 19.0 Å². The molecule has 0 aromatic rings. The van der Waals surface area contributed by atoms with Crippen molar-refractivity contribution < 1.29 is 28.6 Å². The molecule has 0 aromatic carbocycles. The van der Waals surface area contributed by atoms with E-state index in [0.717, 1.165) is 5.01 Å². The van der Waals surface area contributed by atoms with E-state index in [1.807, 2.05) is 0 Å². The predicted octanol–water partition coefficient (Wildman–Crippen LogP) is 3.40. The fourth-order valence-electron chi connectivity index (χ4n) is 1.52. The molecule has 25 heavy (non-hydrogen) atoms. The van der Waals surface area contributed by atoms with Gasteiger partial charge in [0.15, 0.2) is 0 Å². The van der Waals surface area contributed by atoms with Crippen LogP contribution in [0.2, 0.25) is 0 Å². The monoisotopic (exact) mass is 360 g/mol. The normalized spacial score (nSPS) is 12.2. The predicted molar refractivity (Wildman–Crippen MR) is 92.8 cm³/mol. The first-order chi connectivity index (χ1) is 11.0. The molecule has 8 nitrogen and oxygen atoms in total. The largest absolute Gasteiger partial charge is 0.460 e. The molecule has 0 aliphatic carbocycles. The molecule has 0 saturated heterocycles. The average molecular weight is 360 g/mol. The zero-order valence-electron chi connectivity index (χ0n) is 16.8. The number of esters is 1. The van der Waals surface area contributed by atoms with Gasteiger partial charge in [-0.2, -0.15) is 0 Å². The van der Waals surface area contributed by atoms with Gasteiger partial charge in [0, 0.05) is 0 Å². The smallest absolute Gasteiger partial charge is 0.429 e. The van der Waals surface area contributed by atoms with Gasteiger partial charge in [-0.3, -0.25) is 4.79 Å². The van der Waals surface area contributed by atoms with Crippen LogP contribution in [0.1, 0.15) is 68.7 Å². The Labute approximate surface area is 150 Å². The maximum Gasteiger partial charge on any atom is 0.429 e. The number of carbonyl (C=O) groups excluding carboxylic acids is 3. The molecule has 0 heterocycles. The van der Waals surface area contributed by atoms with E-state index in [0.29, 0.717) is 0 Å². The van der Waals surface area contributed by atoms with Crippen molar-refractivity contribution in [2.24, 2.45) is 0 Å². The van der Waals surface area contributed by atoms with E-state index in [2.05, 4.69) is 5.43 Å². The van der Waals surface area contributed by atoms with Gasteiger partial charge in [0.1, 0.15) is 16.8 Å². The zero-order valence-corrected chi connectivity index (χ0v) is 16.8. The number of hydrogen-bond donors (Lipinski definition) is 1. The molecule has 1 N–H and O–H groups in total. The van der Waals surface area contributed by atoms with E-state index in [9.17, 15) is 14.4 Å². The van der Waals surface area contributed by atoms with Crippen LogP contribution in [0.3, 0.4) is 0 Å². The van der Waals surface area contributed by atoms with Gasteiger partial charge < -0.3 is 14.2 Å². The van der Waals surface area contributed by atoms with Gasteiger partial charge in [0.05, 0.1) is 13.0 Å². The minimum absolute atomic E-state index is 0.105. The fourth-order valence-corrected chi connectivity index (χ4v) is 1.52. The second-order valence-corrected chi connectivity index (χ2v) is 8.58. The molecular weight excluding hydrogens is 328 g/mol. The third-order valence-corrected chi connectivity index (χ3v) is 2.20. The van der Waals surface area contributed by atoms with Crippen LogP contribution >= 0.6 is 0 Å². The van der Waals surface area contributed by atoms with E-state index < -0.39 is 35.0 Å². The first kappa shape index (κ1) is 23.0. The summed E-state index contributed by atoms with van der Waals surface area (Å²) in [5.74, 6) is -0.493. The van der Waals surface area contributed by atoms with Crippen molar-refractivity contribution in [1.82, 2.24) is 10.4 Å². The lowest BCUT2D eigenvalue weighted by atomic mass is 10.2. The van der Waals surface area contributed by atoms with Crippen molar-refractivity contribution in [1.29, 1.82) is 0 Å². The van der Waals surface area contributed by atoms with Crippen molar-refractivity contribution >= 4 is 18.2 Å². The van der Waals surface area contributed by atoms with E-state index in [-0.39, 0.29) is 13.0 Å². The molecular formula is C17H32N2O6. The number of amides is 2. The Hall–Kier alpha value is -1.99. The summed E-state index contributed by atoms with van der Waals surface area (Å²) in [7, 11) is 0. The lowest BCUT2D eigenvalue weighted by Crippen LogP contribution is -2.50. The molecule has 8 heteroatoms. The Bertz CT molecular complexity index is 483. The quantitative estimate of drug-likeness (QED) is 0.471. The molecule has 0 rings (SSSR count). The minimum atomic E-state index is -0.817. The Balaban J connectivity index is 4.93. The molecule has 0 radical (unpaired) electrons. The molecule has 0 unspecified atom stereocenters. The topological polar surface area (TPSA) is 94.2 Å². The van der Waals surface area contributed by atoms with Crippen molar-refractivity contribution in [3.63, 3.8) is 0 Å². The number of hydrogen-bond acceptors (Lipinski definition) is 6. The van der Waals surface area contributed by atoms with Gasteiger partial charge in [0.25, 0.3) is 0 Å². The standard InChI is InChI=1S/C17H32N2O6/c1-15(2,3)23-12(20)10-11-19(14(22)25-17(7,8)9)18-13(21)24-16(4,5)6/h10-11H2,1-9H3,(H,18,21). The molecule has 0 aliphatic rings. The molecule has 0 aromatic heterocycles. The third kappa shape index (κ3) is 13.0. The molecule has 0 atom stereocenters. The van der Waals surface area contributed by atoms with Gasteiger partial charge in [-0.1, -0.05) is 0 Å². The molecule has 0 bridgehead atoms. The van der Waals surface area contributed by atoms with Gasteiger partial charge in [-0.05, 0) is 62.3 Å². The van der Waals surface area contributed by atoms with Crippen LogP contribution in [0, 0.1) is 0 Å². The number of nitrogens with one attached hydrogen (secondary N) is 1. The average Bonchev–Trinajstić information content (AvgIpc) is 2.27. The Morgan fingerprint density at radius 3 is 1.60 bits per heavy atom. The SMILES string of the molecule is CC(C)(C)OC(=O)CCN(NC(=O)OC(C)(C)C)C(=O)OC(C)(C)C. The molecule has 146 valence electrons. The van der Waals surface area contributed by atoms with Crippen molar-refractivity contribution in [2.75, 3.05) is 6.54 Å². The summed E-state index contributed by atoms with van der Waals surface area (Å²) < 4.78 is 15.5. The van der Waals surface area contributed by atoms with Crippen molar-refractivity contribution in [3.05, 3.63) is 0 Å². The van der Waals surface area contributed by atoms with E-state index in [1.54, 1.807) is 62.3 Å². The van der Waals surface area contributed by atoms with E-state index in [1.165, 1.54) is 0 Å². The Kier molecular flexibility index (Phi) is 7.73.